The van der Waals surface area contributed by atoms with Crippen molar-refractivity contribution in [1.29, 1.82) is 0 Å². The first-order valence-electron chi connectivity index (χ1n) is 6.14. The highest BCUT2D eigenvalue weighted by atomic mass is 19.4. The van der Waals surface area contributed by atoms with Crippen LogP contribution in [-0.4, -0.2) is 86.6 Å². The zero-order valence-electron chi connectivity index (χ0n) is 11.9. The molecule has 0 aromatic carbocycles. The third-order valence-corrected chi connectivity index (χ3v) is 2.43. The van der Waals surface area contributed by atoms with Gasteiger partial charge in [0.05, 0.1) is 6.61 Å². The van der Waals surface area contributed by atoms with Gasteiger partial charge in [0, 0.05) is 26.7 Å². The molecule has 21 heavy (non-hydrogen) atoms. The van der Waals surface area contributed by atoms with Crippen LogP contribution in [0.15, 0.2) is 0 Å². The molecule has 0 aliphatic heterocycles. The third-order valence-electron chi connectivity index (χ3n) is 2.43. The van der Waals surface area contributed by atoms with Gasteiger partial charge in [0.15, 0.2) is 0 Å². The Morgan fingerprint density at radius 1 is 1.29 bits per heavy atom. The van der Waals surface area contributed by atoms with Gasteiger partial charge >= 0.3 is 18.2 Å². The lowest BCUT2D eigenvalue weighted by atomic mass is 10.4. The number of ether oxygens (including phenoxy) is 1. The Hall–Kier alpha value is -1.55. The maximum absolute atomic E-state index is 12.3. The standard InChI is InChI=1S/C11H20F3N3O4/c1-16(5-6-21-2)4-3-15-10(20)17(7-9(18)19)8-11(12,13)14/h3-8H2,1-2H3,(H,15,20)(H,18,19). The summed E-state index contributed by atoms with van der Waals surface area (Å²) < 4.78 is 41.7. The number of rotatable bonds is 9. The second-order valence-electron chi connectivity index (χ2n) is 4.39. The molecule has 0 spiro atoms. The Morgan fingerprint density at radius 2 is 1.90 bits per heavy atom. The fraction of sp³-hybridized carbons (Fsp3) is 0.818. The third kappa shape index (κ3) is 10.9. The lowest BCUT2D eigenvalue weighted by Gasteiger charge is -2.23. The average Bonchev–Trinajstić information content (AvgIpc) is 2.33. The number of urea groups is 1. The largest absolute Gasteiger partial charge is 0.480 e. The topological polar surface area (TPSA) is 82.1 Å². The van der Waals surface area contributed by atoms with E-state index >= 15 is 0 Å². The molecule has 0 aromatic rings. The molecule has 0 fully saturated rings. The molecule has 0 saturated carbocycles. The zero-order chi connectivity index (χ0) is 16.5. The number of carbonyl (C=O) groups is 2. The van der Waals surface area contributed by atoms with Crippen LogP contribution in [0.2, 0.25) is 0 Å². The van der Waals surface area contributed by atoms with Crippen LogP contribution in [0.5, 0.6) is 0 Å². The maximum Gasteiger partial charge on any atom is 0.406 e. The SMILES string of the molecule is COCCN(C)CCNC(=O)N(CC(=O)O)CC(F)(F)F. The van der Waals surface area contributed by atoms with Gasteiger partial charge in [0.1, 0.15) is 13.1 Å². The minimum atomic E-state index is -4.65. The van der Waals surface area contributed by atoms with Gasteiger partial charge in [-0.05, 0) is 7.05 Å². The lowest BCUT2D eigenvalue weighted by Crippen LogP contribution is -2.48. The van der Waals surface area contributed by atoms with Crippen molar-refractivity contribution < 1.29 is 32.6 Å². The number of carboxylic acid groups (broad SMARTS) is 1. The van der Waals surface area contributed by atoms with Gasteiger partial charge in [0.25, 0.3) is 0 Å². The zero-order valence-corrected chi connectivity index (χ0v) is 11.9. The second kappa shape index (κ2) is 9.40. The number of amides is 2. The summed E-state index contributed by atoms with van der Waals surface area (Å²) in [6.45, 7) is -1.01. The number of hydrogen-bond donors (Lipinski definition) is 2. The van der Waals surface area contributed by atoms with Gasteiger partial charge in [-0.1, -0.05) is 0 Å². The monoisotopic (exact) mass is 315 g/mol. The van der Waals surface area contributed by atoms with Crippen molar-refractivity contribution in [1.82, 2.24) is 15.1 Å². The number of carbonyl (C=O) groups excluding carboxylic acids is 1. The van der Waals surface area contributed by atoms with Crippen molar-refractivity contribution in [2.24, 2.45) is 0 Å². The first-order chi connectivity index (χ1) is 9.65. The maximum atomic E-state index is 12.3. The molecule has 0 rings (SSSR count). The molecule has 0 unspecified atom stereocenters. The number of nitrogens with zero attached hydrogens (tertiary/aromatic N) is 2. The summed E-state index contributed by atoms with van der Waals surface area (Å²) in [6, 6.07) is -1.06. The summed E-state index contributed by atoms with van der Waals surface area (Å²) in [7, 11) is 3.30. The Kier molecular flexibility index (Phi) is 8.70. The van der Waals surface area contributed by atoms with E-state index in [0.29, 0.717) is 19.7 Å². The molecular formula is C11H20F3N3O4. The number of nitrogens with one attached hydrogen (secondary N) is 1. The van der Waals surface area contributed by atoms with Crippen molar-refractivity contribution in [3.63, 3.8) is 0 Å². The number of aliphatic carboxylic acids is 1. The van der Waals surface area contributed by atoms with Crippen molar-refractivity contribution in [2.45, 2.75) is 6.18 Å². The summed E-state index contributed by atoms with van der Waals surface area (Å²) in [5.74, 6) is -1.51. The Labute approximate surface area is 120 Å². The fourth-order valence-corrected chi connectivity index (χ4v) is 1.40. The summed E-state index contributed by atoms with van der Waals surface area (Å²) in [5.41, 5.74) is 0. The molecule has 0 saturated heterocycles. The number of halogens is 3. The summed E-state index contributed by atoms with van der Waals surface area (Å²) in [5, 5.41) is 10.8. The Balaban J connectivity index is 4.25. The molecule has 0 aliphatic carbocycles. The average molecular weight is 315 g/mol. The van der Waals surface area contributed by atoms with Gasteiger partial charge in [-0.2, -0.15) is 13.2 Å². The van der Waals surface area contributed by atoms with Crippen molar-refractivity contribution >= 4 is 12.0 Å². The molecule has 2 N–H and O–H groups in total. The van der Waals surface area contributed by atoms with E-state index < -0.39 is 31.3 Å². The normalized spacial score (nSPS) is 11.5. The van der Waals surface area contributed by atoms with Crippen LogP contribution in [0.25, 0.3) is 0 Å². The molecule has 0 radical (unpaired) electrons. The molecule has 10 heteroatoms. The molecule has 0 aliphatic rings. The van der Waals surface area contributed by atoms with Gasteiger partial charge in [0.2, 0.25) is 0 Å². The van der Waals surface area contributed by atoms with Crippen LogP contribution >= 0.6 is 0 Å². The minimum Gasteiger partial charge on any atom is -0.480 e. The number of hydrogen-bond acceptors (Lipinski definition) is 4. The van der Waals surface area contributed by atoms with Gasteiger partial charge < -0.3 is 25.0 Å². The molecule has 124 valence electrons. The van der Waals surface area contributed by atoms with Crippen LogP contribution in [0.1, 0.15) is 0 Å². The number of alkyl halides is 3. The van der Waals surface area contributed by atoms with E-state index in [1.165, 1.54) is 7.11 Å². The van der Waals surface area contributed by atoms with E-state index in [-0.39, 0.29) is 11.4 Å². The lowest BCUT2D eigenvalue weighted by molar-refractivity contribution is -0.148. The van der Waals surface area contributed by atoms with E-state index in [1.54, 1.807) is 7.05 Å². The number of carboxylic acids is 1. The second-order valence-corrected chi connectivity index (χ2v) is 4.39. The molecular weight excluding hydrogens is 295 g/mol. The molecule has 0 bridgehead atoms. The minimum absolute atomic E-state index is 0.104. The quantitative estimate of drug-likeness (QED) is 0.636. The van der Waals surface area contributed by atoms with Gasteiger partial charge in [-0.3, -0.25) is 4.79 Å². The highest BCUT2D eigenvalue weighted by molar-refractivity contribution is 5.80. The summed E-state index contributed by atoms with van der Waals surface area (Å²) in [4.78, 5) is 24.1. The first-order valence-corrected chi connectivity index (χ1v) is 6.14. The molecule has 7 nitrogen and oxygen atoms in total. The summed E-state index contributed by atoms with van der Waals surface area (Å²) in [6.07, 6.45) is -4.65. The van der Waals surface area contributed by atoms with Crippen molar-refractivity contribution in [3.8, 4) is 0 Å². The first kappa shape index (κ1) is 19.4. The van der Waals surface area contributed by atoms with E-state index in [4.69, 9.17) is 9.84 Å². The highest BCUT2D eigenvalue weighted by Gasteiger charge is 2.33. The van der Waals surface area contributed by atoms with Crippen molar-refractivity contribution in [3.05, 3.63) is 0 Å². The number of methoxy groups -OCH3 is 1. The molecule has 2 amide bonds. The van der Waals surface area contributed by atoms with Gasteiger partial charge in [-0.25, -0.2) is 4.79 Å². The predicted molar refractivity (Wildman–Crippen MR) is 68.0 cm³/mol. The summed E-state index contributed by atoms with van der Waals surface area (Å²) >= 11 is 0. The molecule has 0 aromatic heterocycles. The van der Waals surface area contributed by atoms with Crippen LogP contribution in [0.3, 0.4) is 0 Å². The Bertz CT molecular complexity index is 339. The highest BCUT2D eigenvalue weighted by Crippen LogP contribution is 2.16. The van der Waals surface area contributed by atoms with Crippen LogP contribution in [-0.2, 0) is 9.53 Å². The van der Waals surface area contributed by atoms with Gasteiger partial charge in [-0.15, -0.1) is 0 Å². The van der Waals surface area contributed by atoms with E-state index in [0.717, 1.165) is 0 Å². The van der Waals surface area contributed by atoms with Crippen LogP contribution in [0.4, 0.5) is 18.0 Å². The predicted octanol–water partition coefficient (Wildman–Crippen LogP) is 0.223. The van der Waals surface area contributed by atoms with Crippen molar-refractivity contribution in [2.75, 3.05) is 53.5 Å². The van der Waals surface area contributed by atoms with E-state index in [1.807, 2.05) is 4.90 Å². The van der Waals surface area contributed by atoms with E-state index in [9.17, 15) is 22.8 Å². The molecule has 0 atom stereocenters. The Morgan fingerprint density at radius 3 is 2.38 bits per heavy atom. The smallest absolute Gasteiger partial charge is 0.406 e. The fourth-order valence-electron chi connectivity index (χ4n) is 1.40. The molecule has 0 heterocycles. The van der Waals surface area contributed by atoms with Crippen LogP contribution < -0.4 is 5.32 Å². The van der Waals surface area contributed by atoms with Crippen LogP contribution in [0, 0.1) is 0 Å². The van der Waals surface area contributed by atoms with E-state index in [2.05, 4.69) is 5.32 Å². The number of likely N-dealkylation sites (N-methyl/N-ethyl adjacent to an activating group) is 1.